The van der Waals surface area contributed by atoms with E-state index in [-0.39, 0.29) is 17.5 Å². The molecule has 1 saturated heterocycles. The Morgan fingerprint density at radius 2 is 2.07 bits per heavy atom. The van der Waals surface area contributed by atoms with Crippen molar-refractivity contribution in [3.8, 4) is 6.07 Å². The Morgan fingerprint density at radius 3 is 2.53 bits per heavy atom. The topological polar surface area (TPSA) is 56.1 Å². The molecule has 1 aliphatic heterocycles. The number of likely N-dealkylation sites (tertiary alicyclic amines) is 1. The van der Waals surface area contributed by atoms with Crippen LogP contribution in [-0.2, 0) is 4.79 Å². The molecule has 1 aliphatic rings. The summed E-state index contributed by atoms with van der Waals surface area (Å²) in [6.07, 6.45) is 3.95. The molecule has 0 aromatic rings. The van der Waals surface area contributed by atoms with Gasteiger partial charge in [-0.1, -0.05) is 0 Å². The minimum atomic E-state index is -0.278. The summed E-state index contributed by atoms with van der Waals surface area (Å²) < 4.78 is 0. The molecule has 0 bridgehead atoms. The fourth-order valence-electron chi connectivity index (χ4n) is 1.53. The molecule has 0 radical (unpaired) electrons. The van der Waals surface area contributed by atoms with Crippen LogP contribution in [-0.4, -0.2) is 29.9 Å². The molecule has 4 heteroatoms. The van der Waals surface area contributed by atoms with Crippen LogP contribution in [0.1, 0.15) is 26.7 Å². The maximum Gasteiger partial charge on any atom is 0.263 e. The molecule has 1 amide bonds. The van der Waals surface area contributed by atoms with Crippen molar-refractivity contribution in [2.24, 2.45) is 0 Å². The number of amides is 1. The van der Waals surface area contributed by atoms with E-state index in [1.807, 2.05) is 24.8 Å². The second kappa shape index (κ2) is 5.40. The first kappa shape index (κ1) is 11.6. The van der Waals surface area contributed by atoms with Gasteiger partial charge in [-0.15, -0.1) is 0 Å². The summed E-state index contributed by atoms with van der Waals surface area (Å²) in [5.74, 6) is -0.278. The van der Waals surface area contributed by atoms with Crippen molar-refractivity contribution in [3.63, 3.8) is 0 Å². The highest BCUT2D eigenvalue weighted by atomic mass is 16.1. The lowest BCUT2D eigenvalue weighted by Crippen LogP contribution is -2.31. The third kappa shape index (κ3) is 3.62. The van der Waals surface area contributed by atoms with E-state index in [9.17, 15) is 4.79 Å². The molecular weight excluding hydrogens is 190 g/mol. The van der Waals surface area contributed by atoms with Gasteiger partial charge in [0.05, 0.1) is 0 Å². The summed E-state index contributed by atoms with van der Waals surface area (Å²) >= 11 is 0. The van der Waals surface area contributed by atoms with E-state index >= 15 is 0 Å². The number of rotatable bonds is 3. The van der Waals surface area contributed by atoms with Crippen molar-refractivity contribution in [1.82, 2.24) is 10.2 Å². The van der Waals surface area contributed by atoms with Crippen LogP contribution in [0.5, 0.6) is 0 Å². The normalized spacial score (nSPS) is 16.7. The van der Waals surface area contributed by atoms with E-state index in [2.05, 4.69) is 5.32 Å². The molecule has 4 nitrogen and oxygen atoms in total. The van der Waals surface area contributed by atoms with E-state index in [1.165, 1.54) is 0 Å². The third-order valence-corrected chi connectivity index (χ3v) is 2.24. The molecule has 0 aromatic carbocycles. The molecule has 15 heavy (non-hydrogen) atoms. The number of nitrogens with one attached hydrogen (secondary N) is 1. The van der Waals surface area contributed by atoms with E-state index in [1.54, 1.807) is 6.20 Å². The molecule has 1 fully saturated rings. The minimum Gasteiger partial charge on any atom is -0.376 e. The summed E-state index contributed by atoms with van der Waals surface area (Å²) in [6, 6.07) is 2.00. The maximum absolute atomic E-state index is 11.5. The highest BCUT2D eigenvalue weighted by Crippen LogP contribution is 2.09. The van der Waals surface area contributed by atoms with Crippen LogP contribution in [0, 0.1) is 11.3 Å². The molecule has 82 valence electrons. The number of hydrogen-bond donors (Lipinski definition) is 1. The predicted molar refractivity (Wildman–Crippen MR) is 57.8 cm³/mol. The molecular formula is C11H17N3O. The van der Waals surface area contributed by atoms with Crippen LogP contribution in [0.4, 0.5) is 0 Å². The zero-order valence-corrected chi connectivity index (χ0v) is 9.29. The average Bonchev–Trinajstić information content (AvgIpc) is 2.65. The lowest BCUT2D eigenvalue weighted by Gasteiger charge is -2.12. The van der Waals surface area contributed by atoms with Gasteiger partial charge in [-0.25, -0.2) is 0 Å². The summed E-state index contributed by atoms with van der Waals surface area (Å²) in [5, 5.41) is 11.6. The SMILES string of the molecule is CC(C)NC(=O)/C(C#N)=C\N1CCCC1. The smallest absolute Gasteiger partial charge is 0.263 e. The van der Waals surface area contributed by atoms with Crippen LogP contribution in [0.25, 0.3) is 0 Å². The molecule has 0 aliphatic carbocycles. The Balaban J connectivity index is 2.61. The van der Waals surface area contributed by atoms with Crippen molar-refractivity contribution in [3.05, 3.63) is 11.8 Å². The summed E-state index contributed by atoms with van der Waals surface area (Å²) in [6.45, 7) is 5.64. The van der Waals surface area contributed by atoms with E-state index in [4.69, 9.17) is 5.26 Å². The van der Waals surface area contributed by atoms with Gasteiger partial charge >= 0.3 is 0 Å². The number of nitriles is 1. The number of carbonyl (C=O) groups excluding carboxylic acids is 1. The Hall–Kier alpha value is -1.50. The zero-order chi connectivity index (χ0) is 11.3. The molecule has 0 spiro atoms. The lowest BCUT2D eigenvalue weighted by atomic mass is 10.2. The van der Waals surface area contributed by atoms with Gasteiger partial charge < -0.3 is 10.2 Å². The van der Waals surface area contributed by atoms with Crippen LogP contribution in [0.15, 0.2) is 11.8 Å². The Kier molecular flexibility index (Phi) is 4.17. The van der Waals surface area contributed by atoms with Crippen molar-refractivity contribution in [2.45, 2.75) is 32.7 Å². The second-order valence-electron chi connectivity index (χ2n) is 4.03. The van der Waals surface area contributed by atoms with Gasteiger partial charge in [0.25, 0.3) is 5.91 Å². The Morgan fingerprint density at radius 1 is 1.47 bits per heavy atom. The van der Waals surface area contributed by atoms with Gasteiger partial charge in [-0.3, -0.25) is 4.79 Å². The molecule has 0 aromatic heterocycles. The van der Waals surface area contributed by atoms with Gasteiger partial charge in [0.2, 0.25) is 0 Å². The van der Waals surface area contributed by atoms with Gasteiger partial charge in [0.15, 0.2) is 0 Å². The standard InChI is InChI=1S/C11H17N3O/c1-9(2)13-11(15)10(7-12)8-14-5-3-4-6-14/h8-9H,3-6H2,1-2H3,(H,13,15)/b10-8-. The Labute approximate surface area is 90.6 Å². The van der Waals surface area contributed by atoms with Crippen molar-refractivity contribution >= 4 is 5.91 Å². The first-order valence-electron chi connectivity index (χ1n) is 5.30. The number of nitrogens with zero attached hydrogens (tertiary/aromatic N) is 2. The lowest BCUT2D eigenvalue weighted by molar-refractivity contribution is -0.117. The summed E-state index contributed by atoms with van der Waals surface area (Å²) in [5.41, 5.74) is 0.200. The number of carbonyl (C=O) groups is 1. The first-order valence-corrected chi connectivity index (χ1v) is 5.30. The molecule has 1 rings (SSSR count). The largest absolute Gasteiger partial charge is 0.376 e. The molecule has 1 heterocycles. The van der Waals surface area contributed by atoms with Gasteiger partial charge in [-0.2, -0.15) is 5.26 Å². The Bertz CT molecular complexity index is 295. The van der Waals surface area contributed by atoms with E-state index in [0.29, 0.717) is 0 Å². The van der Waals surface area contributed by atoms with Crippen molar-refractivity contribution < 1.29 is 4.79 Å². The monoisotopic (exact) mass is 207 g/mol. The van der Waals surface area contributed by atoms with Crippen LogP contribution in [0.2, 0.25) is 0 Å². The molecule has 0 saturated carbocycles. The fourth-order valence-corrected chi connectivity index (χ4v) is 1.53. The highest BCUT2D eigenvalue weighted by Gasteiger charge is 2.14. The molecule has 0 unspecified atom stereocenters. The molecule has 1 N–H and O–H groups in total. The van der Waals surface area contributed by atoms with E-state index in [0.717, 1.165) is 25.9 Å². The summed E-state index contributed by atoms with van der Waals surface area (Å²) in [4.78, 5) is 13.6. The fraction of sp³-hybridized carbons (Fsp3) is 0.636. The maximum atomic E-state index is 11.5. The van der Waals surface area contributed by atoms with Crippen LogP contribution < -0.4 is 5.32 Å². The van der Waals surface area contributed by atoms with E-state index < -0.39 is 0 Å². The summed E-state index contributed by atoms with van der Waals surface area (Å²) in [7, 11) is 0. The predicted octanol–water partition coefficient (Wildman–Crippen LogP) is 1.01. The third-order valence-electron chi connectivity index (χ3n) is 2.24. The van der Waals surface area contributed by atoms with Crippen LogP contribution >= 0.6 is 0 Å². The van der Waals surface area contributed by atoms with Crippen molar-refractivity contribution in [1.29, 1.82) is 5.26 Å². The minimum absolute atomic E-state index is 0.0628. The second-order valence-corrected chi connectivity index (χ2v) is 4.03. The average molecular weight is 207 g/mol. The number of hydrogen-bond acceptors (Lipinski definition) is 3. The zero-order valence-electron chi connectivity index (χ0n) is 9.29. The molecule has 0 atom stereocenters. The van der Waals surface area contributed by atoms with Crippen LogP contribution in [0.3, 0.4) is 0 Å². The quantitative estimate of drug-likeness (QED) is 0.555. The first-order chi connectivity index (χ1) is 7.13. The van der Waals surface area contributed by atoms with Gasteiger partial charge in [0.1, 0.15) is 11.6 Å². The highest BCUT2D eigenvalue weighted by molar-refractivity contribution is 5.97. The van der Waals surface area contributed by atoms with Gasteiger partial charge in [-0.05, 0) is 26.7 Å². The van der Waals surface area contributed by atoms with Gasteiger partial charge in [0, 0.05) is 25.3 Å². The van der Waals surface area contributed by atoms with Crippen molar-refractivity contribution in [2.75, 3.05) is 13.1 Å².